The lowest BCUT2D eigenvalue weighted by atomic mass is 10.3. The summed E-state index contributed by atoms with van der Waals surface area (Å²) in [5.41, 5.74) is 0.466. The highest BCUT2D eigenvalue weighted by Crippen LogP contribution is 2.19. The van der Waals surface area contributed by atoms with Gasteiger partial charge in [-0.3, -0.25) is 9.52 Å². The first-order valence-electron chi connectivity index (χ1n) is 6.97. The number of carbonyl (C=O) groups excluding carboxylic acids is 1. The predicted molar refractivity (Wildman–Crippen MR) is 90.5 cm³/mol. The summed E-state index contributed by atoms with van der Waals surface area (Å²) < 4.78 is 28.2. The van der Waals surface area contributed by atoms with Crippen molar-refractivity contribution >= 4 is 38.1 Å². The van der Waals surface area contributed by atoms with E-state index in [1.807, 2.05) is 0 Å². The molecule has 0 aliphatic carbocycles. The highest BCUT2D eigenvalue weighted by molar-refractivity contribution is 7.93. The van der Waals surface area contributed by atoms with Crippen LogP contribution in [-0.4, -0.2) is 39.5 Å². The van der Waals surface area contributed by atoms with Crippen molar-refractivity contribution in [3.05, 3.63) is 41.7 Å². The van der Waals surface area contributed by atoms with E-state index in [9.17, 15) is 13.2 Å². The van der Waals surface area contributed by atoms with Gasteiger partial charge in [-0.2, -0.15) is 0 Å². The maximum Gasteiger partial charge on any atom is 0.263 e. The average molecular weight is 379 g/mol. The zero-order chi connectivity index (χ0) is 17.9. The Labute approximate surface area is 147 Å². The normalized spacial score (nSPS) is 11.2. The lowest BCUT2D eigenvalue weighted by Crippen LogP contribution is -2.17. The van der Waals surface area contributed by atoms with Crippen LogP contribution < -0.4 is 10.0 Å². The molecule has 3 rings (SSSR count). The number of benzene rings is 1. The second kappa shape index (κ2) is 6.94. The van der Waals surface area contributed by atoms with Crippen LogP contribution in [0.2, 0.25) is 0 Å². The van der Waals surface area contributed by atoms with Gasteiger partial charge in [0.2, 0.25) is 5.91 Å². The minimum absolute atomic E-state index is 0.00908. The fraction of sp³-hybridized carbons (Fsp3) is 0.154. The summed E-state index contributed by atoms with van der Waals surface area (Å²) in [6.45, 7) is 0. The third-order valence-corrected chi connectivity index (χ3v) is 5.30. The van der Waals surface area contributed by atoms with E-state index < -0.39 is 10.0 Å². The van der Waals surface area contributed by atoms with Gasteiger partial charge in [0.1, 0.15) is 0 Å². The number of hydrogen-bond donors (Lipinski definition) is 2. The molecule has 0 bridgehead atoms. The first-order valence-corrected chi connectivity index (χ1v) is 9.34. The molecule has 2 aromatic heterocycles. The van der Waals surface area contributed by atoms with Gasteiger partial charge >= 0.3 is 0 Å². The summed E-state index contributed by atoms with van der Waals surface area (Å²) in [5, 5.41) is 15.4. The van der Waals surface area contributed by atoms with Gasteiger partial charge in [0.05, 0.1) is 11.3 Å². The molecule has 0 spiro atoms. The van der Waals surface area contributed by atoms with Crippen molar-refractivity contribution < 1.29 is 13.2 Å². The summed E-state index contributed by atoms with van der Waals surface area (Å²) in [5.74, 6) is 0.110. The molecule has 0 unspecified atom stereocenters. The molecule has 130 valence electrons. The van der Waals surface area contributed by atoms with Gasteiger partial charge in [-0.25, -0.2) is 18.1 Å². The van der Waals surface area contributed by atoms with E-state index in [1.54, 1.807) is 12.4 Å². The number of anilines is 2. The number of nitrogens with one attached hydrogen (secondary N) is 2. The van der Waals surface area contributed by atoms with Crippen LogP contribution in [0.5, 0.6) is 0 Å². The molecule has 0 atom stereocenters. The minimum Gasteiger partial charge on any atom is -0.326 e. The van der Waals surface area contributed by atoms with Gasteiger partial charge < -0.3 is 5.32 Å². The molecular weight excluding hydrogens is 366 g/mol. The van der Waals surface area contributed by atoms with E-state index in [0.717, 1.165) is 0 Å². The molecule has 25 heavy (non-hydrogen) atoms. The van der Waals surface area contributed by atoms with Gasteiger partial charge in [0.15, 0.2) is 11.0 Å². The Bertz CT molecular complexity index is 965. The van der Waals surface area contributed by atoms with Crippen molar-refractivity contribution in [1.82, 2.24) is 25.2 Å². The van der Waals surface area contributed by atoms with Crippen LogP contribution in [0.4, 0.5) is 10.8 Å². The van der Waals surface area contributed by atoms with E-state index in [4.69, 9.17) is 0 Å². The number of tetrazole rings is 1. The summed E-state index contributed by atoms with van der Waals surface area (Å²) >= 11 is 1.18. The molecule has 1 aromatic carbocycles. The van der Waals surface area contributed by atoms with E-state index in [0.29, 0.717) is 11.5 Å². The van der Waals surface area contributed by atoms with Gasteiger partial charge in [0, 0.05) is 24.3 Å². The second-order valence-corrected chi connectivity index (χ2v) is 7.49. The first-order chi connectivity index (χ1) is 11.9. The minimum atomic E-state index is -3.72. The fourth-order valence-corrected chi connectivity index (χ4v) is 3.70. The van der Waals surface area contributed by atoms with Gasteiger partial charge in [-0.05, 0) is 34.7 Å². The smallest absolute Gasteiger partial charge is 0.263 e. The highest BCUT2D eigenvalue weighted by atomic mass is 32.2. The van der Waals surface area contributed by atoms with Gasteiger partial charge in [-0.15, -0.1) is 16.4 Å². The second-order valence-electron chi connectivity index (χ2n) is 4.91. The molecule has 2 heterocycles. The number of aromatic nitrogens is 5. The van der Waals surface area contributed by atoms with Crippen molar-refractivity contribution in [2.75, 3.05) is 10.0 Å². The van der Waals surface area contributed by atoms with Crippen LogP contribution in [0.1, 0.15) is 5.82 Å². The molecule has 0 aliphatic rings. The molecule has 1 amide bonds. The summed E-state index contributed by atoms with van der Waals surface area (Å²) in [4.78, 5) is 15.9. The molecule has 2 N–H and O–H groups in total. The Morgan fingerprint density at radius 2 is 2.04 bits per heavy atom. The number of thiazole rings is 1. The molecular formula is C13H13N7O3S2. The van der Waals surface area contributed by atoms with Crippen molar-refractivity contribution in [2.24, 2.45) is 7.05 Å². The third kappa shape index (κ3) is 4.16. The van der Waals surface area contributed by atoms with Crippen molar-refractivity contribution in [1.29, 1.82) is 0 Å². The number of aryl methyl sites for hydroxylation is 1. The maximum absolute atomic E-state index is 12.2. The summed E-state index contributed by atoms with van der Waals surface area (Å²) in [7, 11) is -2.08. The molecule has 0 fully saturated rings. The first kappa shape index (κ1) is 17.0. The molecule has 0 saturated heterocycles. The van der Waals surface area contributed by atoms with Gasteiger partial charge in [0.25, 0.3) is 10.0 Å². The number of amides is 1. The lowest BCUT2D eigenvalue weighted by molar-refractivity contribution is -0.115. The Morgan fingerprint density at radius 3 is 2.64 bits per heavy atom. The molecule has 10 nitrogen and oxygen atoms in total. The number of nitrogens with zero attached hydrogens (tertiary/aromatic N) is 5. The molecule has 0 aliphatic heterocycles. The molecule has 0 radical (unpaired) electrons. The van der Waals surface area contributed by atoms with Crippen LogP contribution in [0.25, 0.3) is 0 Å². The average Bonchev–Trinajstić information content (AvgIpc) is 3.20. The quantitative estimate of drug-likeness (QED) is 0.642. The Balaban J connectivity index is 1.65. The highest BCUT2D eigenvalue weighted by Gasteiger charge is 2.16. The summed E-state index contributed by atoms with van der Waals surface area (Å²) in [6.07, 6.45) is 1.52. The Morgan fingerprint density at radius 1 is 1.28 bits per heavy atom. The van der Waals surface area contributed by atoms with Crippen molar-refractivity contribution in [2.45, 2.75) is 11.3 Å². The summed E-state index contributed by atoms with van der Waals surface area (Å²) in [6, 6.07) is 5.80. The van der Waals surface area contributed by atoms with E-state index >= 15 is 0 Å². The van der Waals surface area contributed by atoms with E-state index in [1.165, 1.54) is 46.5 Å². The zero-order valence-electron chi connectivity index (χ0n) is 12.9. The molecule has 3 aromatic rings. The van der Waals surface area contributed by atoms with Crippen LogP contribution in [0.3, 0.4) is 0 Å². The standard InChI is InChI=1S/C13H13N7O3S2/c1-20-11(16-18-19-20)8-12(21)15-9-2-4-10(5-3-9)25(22,23)17-13-14-6-7-24-13/h2-7H,8H2,1H3,(H,14,17)(H,15,21). The maximum atomic E-state index is 12.2. The molecule has 0 saturated carbocycles. The van der Waals surface area contributed by atoms with Crippen molar-refractivity contribution in [3.63, 3.8) is 0 Å². The van der Waals surface area contributed by atoms with Crippen LogP contribution in [-0.2, 0) is 28.3 Å². The topological polar surface area (TPSA) is 132 Å². The van der Waals surface area contributed by atoms with Crippen LogP contribution in [0, 0.1) is 0 Å². The largest absolute Gasteiger partial charge is 0.326 e. The van der Waals surface area contributed by atoms with E-state index in [2.05, 4.69) is 30.5 Å². The third-order valence-electron chi connectivity index (χ3n) is 3.13. The number of sulfonamides is 1. The Kier molecular flexibility index (Phi) is 4.72. The van der Waals surface area contributed by atoms with Crippen molar-refractivity contribution in [3.8, 4) is 0 Å². The zero-order valence-corrected chi connectivity index (χ0v) is 14.6. The molecule has 12 heteroatoms. The SMILES string of the molecule is Cn1nnnc1CC(=O)Nc1ccc(S(=O)(=O)Nc2nccs2)cc1. The number of carbonyl (C=O) groups is 1. The van der Waals surface area contributed by atoms with Gasteiger partial charge in [-0.1, -0.05) is 0 Å². The van der Waals surface area contributed by atoms with Crippen LogP contribution in [0.15, 0.2) is 40.7 Å². The monoisotopic (exact) mass is 379 g/mol. The predicted octanol–water partition coefficient (Wildman–Crippen LogP) is 0.649. The van der Waals surface area contributed by atoms with E-state index in [-0.39, 0.29) is 22.4 Å². The Hall–Kier alpha value is -2.86. The number of rotatable bonds is 6. The fourth-order valence-electron chi connectivity index (χ4n) is 1.91. The lowest BCUT2D eigenvalue weighted by Gasteiger charge is -2.07. The van der Waals surface area contributed by atoms with Crippen LogP contribution >= 0.6 is 11.3 Å². The number of hydrogen-bond acceptors (Lipinski definition) is 8.